The average Bonchev–Trinajstić information content (AvgIpc) is 2.87. The molecule has 0 atom stereocenters. The molecule has 0 aromatic heterocycles. The Morgan fingerprint density at radius 3 is 1.49 bits per heavy atom. The van der Waals surface area contributed by atoms with E-state index in [1.807, 2.05) is 18.2 Å². The van der Waals surface area contributed by atoms with Crippen LogP contribution < -0.4 is 17.1 Å². The number of ether oxygens (including phenoxy) is 1. The Bertz CT molecular complexity index is 802. The van der Waals surface area contributed by atoms with E-state index in [0.717, 1.165) is 12.8 Å². The molecule has 0 saturated carbocycles. The summed E-state index contributed by atoms with van der Waals surface area (Å²) in [5, 5.41) is 0. The molecular formula is C31H44ClO3-. The monoisotopic (exact) mass is 499 g/mol. The van der Waals surface area contributed by atoms with E-state index in [2.05, 4.69) is 6.92 Å². The zero-order valence-electron chi connectivity index (χ0n) is 21.6. The van der Waals surface area contributed by atoms with Crippen molar-refractivity contribution in [2.24, 2.45) is 0 Å². The topological polar surface area (TPSA) is 43.4 Å². The largest absolute Gasteiger partial charge is 1.00 e. The van der Waals surface area contributed by atoms with Crippen molar-refractivity contribution >= 4 is 11.8 Å². The molecule has 2 aromatic rings. The van der Waals surface area contributed by atoms with Crippen molar-refractivity contribution in [3.63, 3.8) is 0 Å². The van der Waals surface area contributed by atoms with Gasteiger partial charge in [-0.25, -0.2) is 0 Å². The van der Waals surface area contributed by atoms with Gasteiger partial charge in [-0.1, -0.05) is 127 Å². The van der Waals surface area contributed by atoms with Crippen LogP contribution in [0, 0.1) is 0 Å². The fourth-order valence-corrected chi connectivity index (χ4v) is 4.25. The number of esters is 1. The third-order valence-corrected chi connectivity index (χ3v) is 6.37. The number of benzene rings is 2. The van der Waals surface area contributed by atoms with Gasteiger partial charge >= 0.3 is 5.97 Å². The molecule has 0 heterocycles. The lowest BCUT2D eigenvalue weighted by Crippen LogP contribution is -3.00. The second-order valence-corrected chi connectivity index (χ2v) is 9.39. The van der Waals surface area contributed by atoms with Crippen LogP contribution in [0.2, 0.25) is 0 Å². The fourth-order valence-electron chi connectivity index (χ4n) is 4.25. The van der Waals surface area contributed by atoms with Gasteiger partial charge in [-0.05, 0) is 30.7 Å². The molecule has 0 radical (unpaired) electrons. The minimum atomic E-state index is -0.197. The first-order valence-corrected chi connectivity index (χ1v) is 13.6. The van der Waals surface area contributed by atoms with E-state index >= 15 is 0 Å². The van der Waals surface area contributed by atoms with Crippen LogP contribution in [0.3, 0.4) is 0 Å². The van der Waals surface area contributed by atoms with Gasteiger partial charge in [0.25, 0.3) is 0 Å². The maximum absolute atomic E-state index is 12.4. The molecule has 3 nitrogen and oxygen atoms in total. The number of hydrogen-bond donors (Lipinski definition) is 0. The third-order valence-electron chi connectivity index (χ3n) is 6.37. The van der Waals surface area contributed by atoms with E-state index in [0.29, 0.717) is 23.3 Å². The molecule has 35 heavy (non-hydrogen) atoms. The van der Waals surface area contributed by atoms with E-state index in [1.165, 1.54) is 83.5 Å². The van der Waals surface area contributed by atoms with Crippen molar-refractivity contribution in [3.8, 4) is 5.75 Å². The van der Waals surface area contributed by atoms with Crippen molar-refractivity contribution in [1.29, 1.82) is 0 Å². The summed E-state index contributed by atoms with van der Waals surface area (Å²) in [7, 11) is 0. The van der Waals surface area contributed by atoms with Crippen molar-refractivity contribution in [2.75, 3.05) is 0 Å². The highest BCUT2D eigenvalue weighted by molar-refractivity contribution is 6.09. The van der Waals surface area contributed by atoms with E-state index < -0.39 is 0 Å². The average molecular weight is 500 g/mol. The summed E-state index contributed by atoms with van der Waals surface area (Å²) in [6.45, 7) is 2.27. The first-order valence-electron chi connectivity index (χ1n) is 13.6. The molecule has 194 valence electrons. The summed E-state index contributed by atoms with van der Waals surface area (Å²) >= 11 is 0. The van der Waals surface area contributed by atoms with Crippen LogP contribution in [0.1, 0.15) is 126 Å². The van der Waals surface area contributed by atoms with Gasteiger partial charge in [-0.2, -0.15) is 0 Å². The van der Waals surface area contributed by atoms with Crippen molar-refractivity contribution in [3.05, 3.63) is 65.7 Å². The molecule has 0 amide bonds. The van der Waals surface area contributed by atoms with Crippen LogP contribution in [0.15, 0.2) is 54.6 Å². The number of rotatable bonds is 19. The number of ketones is 1. The second-order valence-electron chi connectivity index (χ2n) is 9.39. The zero-order chi connectivity index (χ0) is 24.3. The molecule has 0 unspecified atom stereocenters. The number of halogens is 1. The van der Waals surface area contributed by atoms with Crippen LogP contribution in [0.25, 0.3) is 0 Å². The summed E-state index contributed by atoms with van der Waals surface area (Å²) in [4.78, 5) is 24.5. The number of carbonyl (C=O) groups excluding carboxylic acids is 2. The maximum Gasteiger partial charge on any atom is 0.311 e. The number of carbonyl (C=O) groups is 2. The zero-order valence-corrected chi connectivity index (χ0v) is 22.4. The summed E-state index contributed by atoms with van der Waals surface area (Å²) < 4.78 is 5.42. The lowest BCUT2D eigenvalue weighted by atomic mass is 10.0. The highest BCUT2D eigenvalue weighted by Crippen LogP contribution is 2.17. The van der Waals surface area contributed by atoms with Crippen LogP contribution in [-0.4, -0.2) is 11.8 Å². The second kappa shape index (κ2) is 20.1. The molecular weight excluding hydrogens is 456 g/mol. The van der Waals surface area contributed by atoms with E-state index in [9.17, 15) is 9.59 Å². The number of hydrogen-bond acceptors (Lipinski definition) is 3. The van der Waals surface area contributed by atoms with Gasteiger partial charge in [0.15, 0.2) is 5.78 Å². The van der Waals surface area contributed by atoms with Gasteiger partial charge in [-0.3, -0.25) is 9.59 Å². The maximum atomic E-state index is 12.4. The predicted octanol–water partition coefficient (Wildman–Crippen LogP) is 6.09. The molecule has 0 N–H and O–H groups in total. The van der Waals surface area contributed by atoms with E-state index in [4.69, 9.17) is 4.74 Å². The van der Waals surface area contributed by atoms with E-state index in [1.54, 1.807) is 36.4 Å². The van der Waals surface area contributed by atoms with Crippen LogP contribution in [-0.2, 0) is 4.79 Å². The Labute approximate surface area is 219 Å². The summed E-state index contributed by atoms with van der Waals surface area (Å²) in [5.74, 6) is 0.267. The summed E-state index contributed by atoms with van der Waals surface area (Å²) in [6.07, 6.45) is 20.1. The highest BCUT2D eigenvalue weighted by Gasteiger charge is 2.10. The molecule has 0 fully saturated rings. The first-order chi connectivity index (χ1) is 16.7. The minimum absolute atomic E-state index is 0. The van der Waals surface area contributed by atoms with Gasteiger partial charge in [0.05, 0.1) is 0 Å². The van der Waals surface area contributed by atoms with Gasteiger partial charge in [0.2, 0.25) is 0 Å². The Balaban J connectivity index is 0.00000612. The van der Waals surface area contributed by atoms with E-state index in [-0.39, 0.29) is 24.2 Å². The normalized spacial score (nSPS) is 10.5. The van der Waals surface area contributed by atoms with Gasteiger partial charge in [-0.15, -0.1) is 0 Å². The lowest BCUT2D eigenvalue weighted by Gasteiger charge is -2.06. The molecule has 4 heteroatoms. The molecule has 0 saturated heterocycles. The van der Waals surface area contributed by atoms with Gasteiger partial charge < -0.3 is 17.1 Å². The summed E-state index contributed by atoms with van der Waals surface area (Å²) in [5.41, 5.74) is 1.24. The Kier molecular flexibility index (Phi) is 17.7. The molecule has 0 aliphatic heterocycles. The van der Waals surface area contributed by atoms with Crippen molar-refractivity contribution < 1.29 is 26.7 Å². The molecule has 2 aromatic carbocycles. The lowest BCUT2D eigenvalue weighted by molar-refractivity contribution is -0.134. The molecule has 0 bridgehead atoms. The predicted molar refractivity (Wildman–Crippen MR) is 141 cm³/mol. The highest BCUT2D eigenvalue weighted by atomic mass is 35.5. The summed E-state index contributed by atoms with van der Waals surface area (Å²) in [6, 6.07) is 16.0. The first kappa shape index (κ1) is 30.9. The third kappa shape index (κ3) is 14.1. The molecule has 0 aliphatic rings. The van der Waals surface area contributed by atoms with Crippen molar-refractivity contribution in [2.45, 2.75) is 110 Å². The number of unbranched alkanes of at least 4 members (excludes halogenated alkanes) is 14. The molecule has 0 aliphatic carbocycles. The minimum Gasteiger partial charge on any atom is -1.00 e. The van der Waals surface area contributed by atoms with Gasteiger partial charge in [0, 0.05) is 17.5 Å². The van der Waals surface area contributed by atoms with Crippen LogP contribution >= 0.6 is 0 Å². The smallest absolute Gasteiger partial charge is 0.311 e. The Hall–Kier alpha value is -2.13. The van der Waals surface area contributed by atoms with Crippen LogP contribution in [0.4, 0.5) is 0 Å². The SMILES string of the molecule is CCCCCCCCCCCCCCCCCC(=O)Oc1ccc(C(=O)c2ccccc2)cc1.[Cl-]. The fraction of sp³-hybridized carbons (Fsp3) is 0.548. The Morgan fingerprint density at radius 1 is 0.571 bits per heavy atom. The quantitative estimate of drug-likeness (QED) is 0.102. The van der Waals surface area contributed by atoms with Crippen molar-refractivity contribution in [1.82, 2.24) is 0 Å². The molecule has 2 rings (SSSR count). The van der Waals surface area contributed by atoms with Gasteiger partial charge in [0.1, 0.15) is 5.75 Å². The molecule has 0 spiro atoms. The van der Waals surface area contributed by atoms with Crippen LogP contribution in [0.5, 0.6) is 5.75 Å². The standard InChI is InChI=1S/C31H44O3.ClH/c1-2-3-4-5-6-7-8-9-10-11-12-13-14-15-19-22-30(32)34-29-25-23-28(24-26-29)31(33)27-20-17-16-18-21-27;/h16-18,20-21,23-26H,2-15,19,22H2,1H3;1H/p-1. The Morgan fingerprint density at radius 2 is 1.00 bits per heavy atom.